The smallest absolute Gasteiger partial charge is 0.406 e. The molecule has 0 saturated carbocycles. The number of aromatic nitrogens is 3. The number of nitrogens with zero attached hydrogens (tertiary/aromatic N) is 3. The van der Waals surface area contributed by atoms with Gasteiger partial charge in [-0.25, -0.2) is 8.78 Å². The fourth-order valence-corrected chi connectivity index (χ4v) is 2.33. The van der Waals surface area contributed by atoms with Gasteiger partial charge in [0.2, 0.25) is 0 Å². The summed E-state index contributed by atoms with van der Waals surface area (Å²) in [6, 6.07) is 7.89. The van der Waals surface area contributed by atoms with Gasteiger partial charge in [0.15, 0.2) is 11.5 Å². The molecule has 11 heteroatoms. The average Bonchev–Trinajstić information content (AvgIpc) is 3.01. The van der Waals surface area contributed by atoms with E-state index in [1.807, 2.05) is 0 Å². The highest BCUT2D eigenvalue weighted by molar-refractivity contribution is 5.94. The number of amides is 1. The van der Waals surface area contributed by atoms with Crippen molar-refractivity contribution in [2.24, 2.45) is 0 Å². The molecule has 2 aromatic heterocycles. The Morgan fingerprint density at radius 2 is 1.96 bits per heavy atom. The molecule has 3 aromatic rings. The number of pyridine rings is 1. The van der Waals surface area contributed by atoms with Crippen LogP contribution in [-0.2, 0) is 0 Å². The third-order valence-corrected chi connectivity index (χ3v) is 3.41. The van der Waals surface area contributed by atoms with E-state index in [4.69, 9.17) is 0 Å². The standard InChI is InChI=1S/C16H11F5N4O2/c17-12(18)7-22-15(26)10-4-5-13-23-24-14(25(13)8-10)9-2-1-3-11(6-9)27-16(19,20)21/h1-6,8,12H,7H2,(H,22,26). The second-order valence-electron chi connectivity index (χ2n) is 5.35. The molecule has 3 rings (SSSR count). The van der Waals surface area contributed by atoms with Gasteiger partial charge in [-0.05, 0) is 24.3 Å². The predicted molar refractivity (Wildman–Crippen MR) is 83.4 cm³/mol. The van der Waals surface area contributed by atoms with Crippen LogP contribution >= 0.6 is 0 Å². The first kappa shape index (κ1) is 18.5. The number of alkyl halides is 5. The van der Waals surface area contributed by atoms with Gasteiger partial charge in [0.25, 0.3) is 12.3 Å². The molecule has 1 aromatic carbocycles. The van der Waals surface area contributed by atoms with Gasteiger partial charge in [-0.1, -0.05) is 12.1 Å². The number of carbonyl (C=O) groups is 1. The second kappa shape index (κ2) is 7.17. The number of hydrogen-bond donors (Lipinski definition) is 1. The zero-order valence-electron chi connectivity index (χ0n) is 13.4. The monoisotopic (exact) mass is 386 g/mol. The molecule has 0 spiro atoms. The van der Waals surface area contributed by atoms with Gasteiger partial charge in [0.1, 0.15) is 5.75 Å². The molecule has 0 atom stereocenters. The Morgan fingerprint density at radius 1 is 1.19 bits per heavy atom. The summed E-state index contributed by atoms with van der Waals surface area (Å²) in [7, 11) is 0. The number of halogens is 5. The quantitative estimate of drug-likeness (QED) is 0.684. The summed E-state index contributed by atoms with van der Waals surface area (Å²) in [5.41, 5.74) is 0.638. The number of fused-ring (bicyclic) bond motifs is 1. The molecule has 1 amide bonds. The largest absolute Gasteiger partial charge is 0.573 e. The highest BCUT2D eigenvalue weighted by atomic mass is 19.4. The van der Waals surface area contributed by atoms with Crippen molar-refractivity contribution in [3.8, 4) is 17.1 Å². The van der Waals surface area contributed by atoms with Gasteiger partial charge in [-0.3, -0.25) is 9.20 Å². The predicted octanol–water partition coefficient (Wildman–Crippen LogP) is 3.29. The molecule has 0 unspecified atom stereocenters. The molecule has 0 aliphatic rings. The summed E-state index contributed by atoms with van der Waals surface area (Å²) in [5.74, 6) is -1.02. The zero-order valence-corrected chi connectivity index (χ0v) is 13.4. The summed E-state index contributed by atoms with van der Waals surface area (Å²) in [4.78, 5) is 11.9. The van der Waals surface area contributed by atoms with Crippen molar-refractivity contribution in [3.05, 3.63) is 48.2 Å². The normalized spacial score (nSPS) is 11.8. The highest BCUT2D eigenvalue weighted by Crippen LogP contribution is 2.27. The maximum Gasteiger partial charge on any atom is 0.573 e. The topological polar surface area (TPSA) is 68.5 Å². The summed E-state index contributed by atoms with van der Waals surface area (Å²) >= 11 is 0. The number of nitrogens with one attached hydrogen (secondary N) is 1. The van der Waals surface area contributed by atoms with Crippen LogP contribution in [0.1, 0.15) is 10.4 Å². The molecule has 142 valence electrons. The number of ether oxygens (including phenoxy) is 1. The number of carbonyl (C=O) groups excluding carboxylic acids is 1. The Balaban J connectivity index is 1.95. The Bertz CT molecular complexity index is 971. The van der Waals surface area contributed by atoms with Crippen molar-refractivity contribution in [1.82, 2.24) is 19.9 Å². The average molecular weight is 386 g/mol. The lowest BCUT2D eigenvalue weighted by Gasteiger charge is -2.10. The van der Waals surface area contributed by atoms with Gasteiger partial charge < -0.3 is 10.1 Å². The Morgan fingerprint density at radius 3 is 2.67 bits per heavy atom. The molecule has 0 aliphatic carbocycles. The van der Waals surface area contributed by atoms with Gasteiger partial charge in [-0.15, -0.1) is 23.4 Å². The van der Waals surface area contributed by atoms with Crippen LogP contribution in [0.15, 0.2) is 42.6 Å². The van der Waals surface area contributed by atoms with Gasteiger partial charge >= 0.3 is 6.36 Å². The van der Waals surface area contributed by atoms with Crippen LogP contribution in [0.5, 0.6) is 5.75 Å². The van der Waals surface area contributed by atoms with Crippen LogP contribution in [0.4, 0.5) is 22.0 Å². The summed E-state index contributed by atoms with van der Waals surface area (Å²) in [6.07, 6.45) is -6.23. The fraction of sp³-hybridized carbons (Fsp3) is 0.188. The Labute approximate surface area is 148 Å². The lowest BCUT2D eigenvalue weighted by molar-refractivity contribution is -0.274. The van der Waals surface area contributed by atoms with Crippen LogP contribution in [0.25, 0.3) is 17.0 Å². The summed E-state index contributed by atoms with van der Waals surface area (Å²) in [6.45, 7) is -0.803. The van der Waals surface area contributed by atoms with E-state index in [1.165, 1.54) is 34.9 Å². The fourth-order valence-electron chi connectivity index (χ4n) is 2.33. The van der Waals surface area contributed by atoms with Gasteiger partial charge in [0, 0.05) is 11.8 Å². The molecule has 2 heterocycles. The third kappa shape index (κ3) is 4.49. The summed E-state index contributed by atoms with van der Waals surface area (Å²) < 4.78 is 66.8. The van der Waals surface area contributed by atoms with E-state index in [-0.39, 0.29) is 17.0 Å². The molecular weight excluding hydrogens is 375 g/mol. The van der Waals surface area contributed by atoms with Crippen LogP contribution in [-0.4, -0.2) is 39.8 Å². The van der Waals surface area contributed by atoms with E-state index in [2.05, 4.69) is 20.3 Å². The van der Waals surface area contributed by atoms with E-state index < -0.39 is 31.0 Å². The zero-order chi connectivity index (χ0) is 19.6. The molecular formula is C16H11F5N4O2. The van der Waals surface area contributed by atoms with Gasteiger partial charge in [0.05, 0.1) is 12.1 Å². The molecule has 0 fully saturated rings. The molecule has 0 aliphatic heterocycles. The lowest BCUT2D eigenvalue weighted by Crippen LogP contribution is -2.28. The number of hydrogen-bond acceptors (Lipinski definition) is 4. The molecule has 27 heavy (non-hydrogen) atoms. The minimum atomic E-state index is -4.85. The van der Waals surface area contributed by atoms with Crippen molar-refractivity contribution in [2.75, 3.05) is 6.54 Å². The van der Waals surface area contributed by atoms with Crippen molar-refractivity contribution in [3.63, 3.8) is 0 Å². The van der Waals surface area contributed by atoms with Gasteiger partial charge in [-0.2, -0.15) is 0 Å². The third-order valence-electron chi connectivity index (χ3n) is 3.41. The molecule has 0 radical (unpaired) electrons. The maximum atomic E-state index is 12.4. The van der Waals surface area contributed by atoms with E-state index in [0.717, 1.165) is 12.1 Å². The molecule has 0 bridgehead atoms. The SMILES string of the molecule is O=C(NCC(F)F)c1ccc2nnc(-c3cccc(OC(F)(F)F)c3)n2c1. The minimum absolute atomic E-state index is 0.0619. The summed E-state index contributed by atoms with van der Waals surface area (Å²) in [5, 5.41) is 9.84. The molecule has 6 nitrogen and oxygen atoms in total. The van der Waals surface area contributed by atoms with Crippen molar-refractivity contribution in [2.45, 2.75) is 12.8 Å². The molecule has 0 saturated heterocycles. The maximum absolute atomic E-state index is 12.4. The van der Waals surface area contributed by atoms with Crippen LogP contribution in [0.3, 0.4) is 0 Å². The molecule has 1 N–H and O–H groups in total. The van der Waals surface area contributed by atoms with Crippen molar-refractivity contribution in [1.29, 1.82) is 0 Å². The number of rotatable bonds is 5. The van der Waals surface area contributed by atoms with E-state index in [0.29, 0.717) is 5.65 Å². The van der Waals surface area contributed by atoms with Crippen LogP contribution in [0.2, 0.25) is 0 Å². The van der Waals surface area contributed by atoms with Crippen molar-refractivity contribution >= 4 is 11.6 Å². The van der Waals surface area contributed by atoms with E-state index >= 15 is 0 Å². The Kier molecular flexibility index (Phi) is 4.93. The van der Waals surface area contributed by atoms with E-state index in [9.17, 15) is 26.7 Å². The van der Waals surface area contributed by atoms with E-state index in [1.54, 1.807) is 0 Å². The lowest BCUT2D eigenvalue weighted by atomic mass is 10.2. The highest BCUT2D eigenvalue weighted by Gasteiger charge is 2.31. The first-order chi connectivity index (χ1) is 12.7. The van der Waals surface area contributed by atoms with Crippen LogP contribution < -0.4 is 10.1 Å². The first-order valence-electron chi connectivity index (χ1n) is 7.50. The van der Waals surface area contributed by atoms with Crippen LogP contribution in [0, 0.1) is 0 Å². The minimum Gasteiger partial charge on any atom is -0.406 e. The first-order valence-corrected chi connectivity index (χ1v) is 7.50. The van der Waals surface area contributed by atoms with Crippen molar-refractivity contribution < 1.29 is 31.5 Å². The second-order valence-corrected chi connectivity index (χ2v) is 5.35. The Hall–Kier alpha value is -3.24. The number of benzene rings is 1.